The lowest BCUT2D eigenvalue weighted by Crippen LogP contribution is -2.34. The average molecular weight is 320 g/mol. The molecule has 1 saturated heterocycles. The number of ether oxygens (including phenoxy) is 1. The minimum absolute atomic E-state index is 0.121. The average Bonchev–Trinajstić information content (AvgIpc) is 2.77. The number of rotatable bonds is 5. The summed E-state index contributed by atoms with van der Waals surface area (Å²) in [4.78, 5) is 34.1. The third-order valence-electron chi connectivity index (χ3n) is 3.31. The third-order valence-corrected chi connectivity index (χ3v) is 3.72. The highest BCUT2D eigenvalue weighted by Gasteiger charge is 2.36. The van der Waals surface area contributed by atoms with E-state index < -0.39 is 37.9 Å². The van der Waals surface area contributed by atoms with E-state index in [4.69, 9.17) is 9.63 Å². The summed E-state index contributed by atoms with van der Waals surface area (Å²) in [6, 6.07) is 0. The van der Waals surface area contributed by atoms with Crippen LogP contribution in [0.25, 0.3) is 0 Å². The molecule has 0 aromatic carbocycles. The Morgan fingerprint density at radius 3 is 2.90 bits per heavy atom. The number of nitrogens with zero attached hydrogens (tertiary/aromatic N) is 1. The lowest BCUT2D eigenvalue weighted by Gasteiger charge is -2.16. The molecule has 3 N–H and O–H groups in total. The van der Waals surface area contributed by atoms with Gasteiger partial charge in [-0.2, -0.15) is 0 Å². The van der Waals surface area contributed by atoms with E-state index in [1.165, 1.54) is 10.8 Å². The monoisotopic (exact) mass is 320 g/mol. The fourth-order valence-electron chi connectivity index (χ4n) is 2.18. The highest BCUT2D eigenvalue weighted by molar-refractivity contribution is 7.32. The maximum Gasteiger partial charge on any atom is 0.330 e. The van der Waals surface area contributed by atoms with Crippen LogP contribution in [0.2, 0.25) is 0 Å². The Kier molecular flexibility index (Phi) is 5.13. The number of aliphatic hydroxyl groups is 1. The third kappa shape index (κ3) is 3.69. The van der Waals surface area contributed by atoms with Crippen LogP contribution in [-0.2, 0) is 20.2 Å². The number of nitrogens with one attached hydrogen (secondary N) is 1. The predicted octanol–water partition coefficient (Wildman–Crippen LogP) is -0.854. The summed E-state index contributed by atoms with van der Waals surface area (Å²) in [6.07, 6.45) is -0.528. The van der Waals surface area contributed by atoms with Gasteiger partial charge < -0.3 is 19.3 Å². The van der Waals surface area contributed by atoms with Gasteiger partial charge in [-0.1, -0.05) is 6.92 Å². The van der Waals surface area contributed by atoms with Crippen molar-refractivity contribution in [2.75, 3.05) is 6.61 Å². The van der Waals surface area contributed by atoms with E-state index in [0.717, 1.165) is 0 Å². The normalized spacial score (nSPS) is 26.9. The summed E-state index contributed by atoms with van der Waals surface area (Å²) in [6.45, 7) is 1.53. The van der Waals surface area contributed by atoms with E-state index in [2.05, 4.69) is 9.51 Å². The predicted molar refractivity (Wildman–Crippen MR) is 72.4 cm³/mol. The van der Waals surface area contributed by atoms with E-state index >= 15 is 0 Å². The van der Waals surface area contributed by atoms with Crippen LogP contribution in [0, 0.1) is 0 Å². The summed E-state index contributed by atoms with van der Waals surface area (Å²) in [5.74, 6) is 0. The fourth-order valence-corrected chi connectivity index (χ4v) is 2.49. The molecule has 1 fully saturated rings. The fraction of sp³-hybridized carbons (Fsp3) is 0.636. The molecule has 0 radical (unpaired) electrons. The molecule has 21 heavy (non-hydrogen) atoms. The van der Waals surface area contributed by atoms with E-state index in [9.17, 15) is 19.3 Å². The molecular formula is C11H17N2O7P. The van der Waals surface area contributed by atoms with Gasteiger partial charge in [-0.15, -0.1) is 0 Å². The summed E-state index contributed by atoms with van der Waals surface area (Å²) in [5, 5.41) is 9.84. The molecule has 0 bridgehead atoms. The van der Waals surface area contributed by atoms with Crippen LogP contribution in [0.3, 0.4) is 0 Å². The van der Waals surface area contributed by atoms with Crippen LogP contribution >= 0.6 is 8.25 Å². The topological polar surface area (TPSA) is 131 Å². The number of aromatic nitrogens is 2. The van der Waals surface area contributed by atoms with Crippen molar-refractivity contribution in [2.45, 2.75) is 38.2 Å². The molecule has 0 spiro atoms. The first-order valence-electron chi connectivity index (χ1n) is 6.46. The highest BCUT2D eigenvalue weighted by atomic mass is 31.1. The summed E-state index contributed by atoms with van der Waals surface area (Å²) in [7, 11) is -3.11. The molecule has 1 aromatic rings. The van der Waals surface area contributed by atoms with Gasteiger partial charge in [0.1, 0.15) is 12.3 Å². The Hall–Kier alpha value is -1.25. The number of aryl methyl sites for hydroxylation is 1. The van der Waals surface area contributed by atoms with Crippen molar-refractivity contribution >= 4 is 8.25 Å². The van der Waals surface area contributed by atoms with Crippen molar-refractivity contribution in [1.82, 2.24) is 9.55 Å². The molecule has 0 amide bonds. The minimum atomic E-state index is -3.11. The lowest BCUT2D eigenvalue weighted by molar-refractivity contribution is -0.0413. The second-order valence-electron chi connectivity index (χ2n) is 4.68. The number of aromatic amines is 1. The number of hydrogen-bond acceptors (Lipinski definition) is 6. The van der Waals surface area contributed by atoms with Crippen molar-refractivity contribution in [1.29, 1.82) is 0 Å². The van der Waals surface area contributed by atoms with Crippen molar-refractivity contribution in [2.24, 2.45) is 0 Å². The Morgan fingerprint density at radius 1 is 1.57 bits per heavy atom. The molecule has 4 atom stereocenters. The molecule has 118 valence electrons. The first-order valence-corrected chi connectivity index (χ1v) is 7.72. The molecule has 2 unspecified atom stereocenters. The summed E-state index contributed by atoms with van der Waals surface area (Å²) < 4.78 is 21.7. The molecular weight excluding hydrogens is 303 g/mol. The molecule has 1 aliphatic heterocycles. The van der Waals surface area contributed by atoms with Crippen LogP contribution < -0.4 is 11.2 Å². The Labute approximate surface area is 120 Å². The molecule has 10 heteroatoms. The van der Waals surface area contributed by atoms with E-state index in [1.54, 1.807) is 6.92 Å². The zero-order valence-electron chi connectivity index (χ0n) is 11.3. The van der Waals surface area contributed by atoms with Crippen molar-refractivity contribution in [3.8, 4) is 0 Å². The van der Waals surface area contributed by atoms with Gasteiger partial charge in [-0.05, 0) is 6.42 Å². The van der Waals surface area contributed by atoms with Gasteiger partial charge in [0.2, 0.25) is 0 Å². The molecule has 0 saturated carbocycles. The standard InChI is InChI=1S/C11H17N2O7P/c1-2-6-4-13(11(16)12-10(6)15)9-3-7(14)8(20-9)5-19-21(17)18/h4,7-9,14,21H,2-3,5H2,1H3,(H,17,18)(H,12,15,16)/t7?,8-,9-/m0/s1. The lowest BCUT2D eigenvalue weighted by atomic mass is 10.2. The second kappa shape index (κ2) is 6.67. The highest BCUT2D eigenvalue weighted by Crippen LogP contribution is 2.29. The smallest absolute Gasteiger partial charge is 0.330 e. The first kappa shape index (κ1) is 16.1. The van der Waals surface area contributed by atoms with Crippen LogP contribution in [0.1, 0.15) is 25.1 Å². The van der Waals surface area contributed by atoms with Crippen LogP contribution in [0.5, 0.6) is 0 Å². The first-order chi connectivity index (χ1) is 9.92. The van der Waals surface area contributed by atoms with Crippen molar-refractivity contribution in [3.05, 3.63) is 32.6 Å². The SMILES string of the molecule is CCc1cn([C@@H]2CC(O)[C@H](CO[PH](=O)O)O2)c(=O)[nH]c1=O. The van der Waals surface area contributed by atoms with Crippen molar-refractivity contribution in [3.63, 3.8) is 0 Å². The van der Waals surface area contributed by atoms with Gasteiger partial charge in [-0.3, -0.25) is 18.9 Å². The van der Waals surface area contributed by atoms with Crippen LogP contribution in [0.15, 0.2) is 15.8 Å². The maximum absolute atomic E-state index is 11.8. The summed E-state index contributed by atoms with van der Waals surface area (Å²) in [5.41, 5.74) is -0.657. The van der Waals surface area contributed by atoms with Gasteiger partial charge in [0.05, 0.1) is 12.7 Å². The number of aliphatic hydroxyl groups excluding tert-OH is 1. The maximum atomic E-state index is 11.8. The van der Waals surface area contributed by atoms with Gasteiger partial charge in [0.25, 0.3) is 5.56 Å². The Morgan fingerprint density at radius 2 is 2.29 bits per heavy atom. The van der Waals surface area contributed by atoms with Crippen molar-refractivity contribution < 1.29 is 23.8 Å². The van der Waals surface area contributed by atoms with Gasteiger partial charge in [0, 0.05) is 18.2 Å². The van der Waals surface area contributed by atoms with Crippen LogP contribution in [-0.4, -0.2) is 38.4 Å². The molecule has 2 heterocycles. The van der Waals surface area contributed by atoms with Crippen LogP contribution in [0.4, 0.5) is 0 Å². The zero-order chi connectivity index (χ0) is 15.6. The van der Waals surface area contributed by atoms with E-state index in [-0.39, 0.29) is 13.0 Å². The Balaban J connectivity index is 2.19. The molecule has 2 rings (SSSR count). The zero-order valence-corrected chi connectivity index (χ0v) is 12.3. The van der Waals surface area contributed by atoms with Gasteiger partial charge in [0.15, 0.2) is 0 Å². The summed E-state index contributed by atoms with van der Waals surface area (Å²) >= 11 is 0. The minimum Gasteiger partial charge on any atom is -0.390 e. The molecule has 9 nitrogen and oxygen atoms in total. The second-order valence-corrected chi connectivity index (χ2v) is 5.50. The van der Waals surface area contributed by atoms with Gasteiger partial charge >= 0.3 is 13.9 Å². The Bertz CT molecular complexity index is 640. The van der Waals surface area contributed by atoms with Gasteiger partial charge in [-0.25, -0.2) is 4.79 Å². The molecule has 1 aliphatic rings. The van der Waals surface area contributed by atoms with E-state index in [0.29, 0.717) is 12.0 Å². The quantitative estimate of drug-likeness (QED) is 0.602. The number of hydrogen-bond donors (Lipinski definition) is 3. The molecule has 1 aromatic heterocycles. The molecule has 0 aliphatic carbocycles. The largest absolute Gasteiger partial charge is 0.390 e. The number of H-pyrrole nitrogens is 1. The van der Waals surface area contributed by atoms with E-state index in [1.807, 2.05) is 0 Å².